The van der Waals surface area contributed by atoms with E-state index >= 15 is 0 Å². The van der Waals surface area contributed by atoms with Crippen molar-refractivity contribution in [3.05, 3.63) is 23.8 Å². The van der Waals surface area contributed by atoms with Gasteiger partial charge in [0, 0.05) is 24.9 Å². The van der Waals surface area contributed by atoms with Gasteiger partial charge in [0.25, 0.3) is 0 Å². The van der Waals surface area contributed by atoms with Crippen molar-refractivity contribution in [1.82, 2.24) is 4.31 Å². The van der Waals surface area contributed by atoms with Crippen LogP contribution in [0.25, 0.3) is 0 Å². The highest BCUT2D eigenvalue weighted by Crippen LogP contribution is 2.26. The number of thioether (sulfide) groups is 1. The molecule has 0 fully saturated rings. The Morgan fingerprint density at radius 1 is 1.38 bits per heavy atom. The highest BCUT2D eigenvalue weighted by molar-refractivity contribution is 7.98. The van der Waals surface area contributed by atoms with E-state index in [0.29, 0.717) is 24.5 Å². The first kappa shape index (κ1) is 18.6. The number of benzene rings is 1. The minimum atomic E-state index is -3.48. The first-order valence-corrected chi connectivity index (χ1v) is 10.1. The van der Waals surface area contributed by atoms with Crippen molar-refractivity contribution in [2.75, 3.05) is 32.2 Å². The Balaban J connectivity index is 3.02. The van der Waals surface area contributed by atoms with E-state index < -0.39 is 10.0 Å². The number of hydrogen-bond acceptors (Lipinski definition) is 4. The number of nitrogens with zero attached hydrogens (tertiary/aromatic N) is 1. The van der Waals surface area contributed by atoms with Crippen molar-refractivity contribution in [3.8, 4) is 5.75 Å². The normalized spacial score (nSPS) is 11.9. The minimum Gasteiger partial charge on any atom is -0.493 e. The van der Waals surface area contributed by atoms with E-state index in [2.05, 4.69) is 0 Å². The van der Waals surface area contributed by atoms with Gasteiger partial charge in [-0.25, -0.2) is 12.7 Å². The molecule has 0 aliphatic carbocycles. The third-order valence-electron chi connectivity index (χ3n) is 2.96. The summed E-state index contributed by atoms with van der Waals surface area (Å²) in [4.78, 5) is 0.255. The average Bonchev–Trinajstić information content (AvgIpc) is 2.50. The van der Waals surface area contributed by atoms with Crippen LogP contribution in [0.3, 0.4) is 0 Å². The van der Waals surface area contributed by atoms with Crippen molar-refractivity contribution in [2.24, 2.45) is 0 Å². The predicted octanol–water partition coefficient (Wildman–Crippen LogP) is 3.20. The fourth-order valence-corrected chi connectivity index (χ4v) is 3.70. The SMILES string of the molecule is CCCOc1ccc(S(=O)(=O)N(C)CCSC)cc1CCl. The van der Waals surface area contributed by atoms with Crippen LogP contribution in [-0.4, -0.2) is 44.9 Å². The summed E-state index contributed by atoms with van der Waals surface area (Å²) in [6, 6.07) is 4.86. The molecule has 0 N–H and O–H groups in total. The topological polar surface area (TPSA) is 46.6 Å². The second-order valence-corrected chi connectivity index (χ2v) is 7.87. The van der Waals surface area contributed by atoms with Gasteiger partial charge in [-0.2, -0.15) is 11.8 Å². The average molecular weight is 352 g/mol. The largest absolute Gasteiger partial charge is 0.493 e. The van der Waals surface area contributed by atoms with Gasteiger partial charge in [-0.15, -0.1) is 11.6 Å². The molecule has 0 saturated heterocycles. The molecule has 7 heteroatoms. The van der Waals surface area contributed by atoms with Gasteiger partial charge < -0.3 is 4.74 Å². The van der Waals surface area contributed by atoms with Crippen LogP contribution in [-0.2, 0) is 15.9 Å². The highest BCUT2D eigenvalue weighted by atomic mass is 35.5. The maximum atomic E-state index is 12.5. The first-order chi connectivity index (χ1) is 9.97. The maximum absolute atomic E-state index is 12.5. The molecule has 0 atom stereocenters. The summed E-state index contributed by atoms with van der Waals surface area (Å²) in [5.41, 5.74) is 0.699. The van der Waals surface area contributed by atoms with Gasteiger partial charge in [0.15, 0.2) is 0 Å². The lowest BCUT2D eigenvalue weighted by atomic mass is 10.2. The minimum absolute atomic E-state index is 0.219. The van der Waals surface area contributed by atoms with Crippen LogP contribution in [0.1, 0.15) is 18.9 Å². The van der Waals surface area contributed by atoms with Gasteiger partial charge in [0.1, 0.15) is 5.75 Å². The number of halogens is 1. The Labute approximate surface area is 136 Å². The molecule has 1 aromatic rings. The summed E-state index contributed by atoms with van der Waals surface area (Å²) < 4.78 is 31.9. The van der Waals surface area contributed by atoms with Gasteiger partial charge >= 0.3 is 0 Å². The molecule has 0 aliphatic heterocycles. The number of alkyl halides is 1. The molecule has 1 aromatic carbocycles. The lowest BCUT2D eigenvalue weighted by Gasteiger charge is -2.18. The van der Waals surface area contributed by atoms with E-state index in [1.165, 1.54) is 4.31 Å². The zero-order valence-electron chi connectivity index (χ0n) is 12.6. The van der Waals surface area contributed by atoms with E-state index in [-0.39, 0.29) is 10.8 Å². The van der Waals surface area contributed by atoms with E-state index in [0.717, 1.165) is 12.2 Å². The lowest BCUT2D eigenvalue weighted by Crippen LogP contribution is -2.29. The van der Waals surface area contributed by atoms with Gasteiger partial charge in [-0.05, 0) is 30.9 Å². The van der Waals surface area contributed by atoms with Crippen LogP contribution in [0.15, 0.2) is 23.1 Å². The molecule has 0 heterocycles. The zero-order chi connectivity index (χ0) is 15.9. The molecule has 21 heavy (non-hydrogen) atoms. The summed E-state index contributed by atoms with van der Waals surface area (Å²) in [5.74, 6) is 1.63. The monoisotopic (exact) mass is 351 g/mol. The summed E-state index contributed by atoms with van der Waals surface area (Å²) in [6.45, 7) is 3.08. The van der Waals surface area contributed by atoms with E-state index in [4.69, 9.17) is 16.3 Å². The van der Waals surface area contributed by atoms with Crippen molar-refractivity contribution in [1.29, 1.82) is 0 Å². The van der Waals surface area contributed by atoms with Gasteiger partial charge in [0.05, 0.1) is 17.4 Å². The van der Waals surface area contributed by atoms with E-state index in [9.17, 15) is 8.42 Å². The van der Waals surface area contributed by atoms with Crippen molar-refractivity contribution < 1.29 is 13.2 Å². The molecule has 0 unspecified atom stereocenters. The molecule has 4 nitrogen and oxygen atoms in total. The summed E-state index contributed by atoms with van der Waals surface area (Å²) in [6.07, 6.45) is 2.84. The lowest BCUT2D eigenvalue weighted by molar-refractivity contribution is 0.315. The summed E-state index contributed by atoms with van der Waals surface area (Å²) in [5, 5.41) is 0. The fourth-order valence-electron chi connectivity index (χ4n) is 1.69. The molecular formula is C14H22ClNO3S2. The smallest absolute Gasteiger partial charge is 0.242 e. The van der Waals surface area contributed by atoms with Crippen LogP contribution in [0.4, 0.5) is 0 Å². The predicted molar refractivity (Wildman–Crippen MR) is 90.0 cm³/mol. The van der Waals surface area contributed by atoms with Crippen LogP contribution < -0.4 is 4.74 Å². The second-order valence-electron chi connectivity index (χ2n) is 4.57. The molecule has 0 bridgehead atoms. The van der Waals surface area contributed by atoms with Crippen LogP contribution in [0, 0.1) is 0 Å². The van der Waals surface area contributed by atoms with Crippen LogP contribution in [0.5, 0.6) is 5.75 Å². The Morgan fingerprint density at radius 3 is 2.67 bits per heavy atom. The highest BCUT2D eigenvalue weighted by Gasteiger charge is 2.21. The van der Waals surface area contributed by atoms with Gasteiger partial charge in [-0.3, -0.25) is 0 Å². The van der Waals surface area contributed by atoms with E-state index in [1.54, 1.807) is 37.0 Å². The third-order valence-corrected chi connectivity index (χ3v) is 5.69. The standard InChI is InChI=1S/C14H22ClNO3S2/c1-4-8-19-14-6-5-13(10-12(14)11-15)21(17,18)16(2)7-9-20-3/h5-6,10H,4,7-9,11H2,1-3H3. The molecule has 1 rings (SSSR count). The first-order valence-electron chi connectivity index (χ1n) is 6.74. The molecule has 120 valence electrons. The molecular weight excluding hydrogens is 330 g/mol. The number of ether oxygens (including phenoxy) is 1. The summed E-state index contributed by atoms with van der Waals surface area (Å²) in [7, 11) is -1.88. The molecule has 0 aliphatic rings. The molecule has 0 radical (unpaired) electrons. The van der Waals surface area contributed by atoms with Crippen molar-refractivity contribution in [2.45, 2.75) is 24.1 Å². The quantitative estimate of drug-likeness (QED) is 0.641. The molecule has 0 spiro atoms. The Morgan fingerprint density at radius 2 is 2.10 bits per heavy atom. The van der Waals surface area contributed by atoms with Crippen molar-refractivity contribution >= 4 is 33.4 Å². The summed E-state index contributed by atoms with van der Waals surface area (Å²) >= 11 is 7.52. The third kappa shape index (κ3) is 5.06. The number of rotatable bonds is 9. The van der Waals surface area contributed by atoms with Gasteiger partial charge in [-0.1, -0.05) is 6.92 Å². The number of hydrogen-bond donors (Lipinski definition) is 0. The van der Waals surface area contributed by atoms with E-state index in [1.807, 2.05) is 13.2 Å². The van der Waals surface area contributed by atoms with Crippen LogP contribution in [0.2, 0.25) is 0 Å². The Bertz CT molecular complexity index is 549. The molecule has 0 saturated carbocycles. The Kier molecular flexibility index (Phi) is 7.87. The molecule has 0 amide bonds. The second kappa shape index (κ2) is 8.88. The van der Waals surface area contributed by atoms with Gasteiger partial charge in [0.2, 0.25) is 10.0 Å². The Hall–Kier alpha value is -0.430. The number of sulfonamides is 1. The van der Waals surface area contributed by atoms with Crippen LogP contribution >= 0.6 is 23.4 Å². The zero-order valence-corrected chi connectivity index (χ0v) is 15.0. The fraction of sp³-hybridized carbons (Fsp3) is 0.571. The maximum Gasteiger partial charge on any atom is 0.242 e. The van der Waals surface area contributed by atoms with Crippen molar-refractivity contribution in [3.63, 3.8) is 0 Å². The molecule has 0 aromatic heterocycles.